The van der Waals surface area contributed by atoms with Crippen LogP contribution in [0.3, 0.4) is 0 Å². The predicted octanol–water partition coefficient (Wildman–Crippen LogP) is 0.332. The van der Waals surface area contributed by atoms with E-state index in [1.165, 1.54) is 52.3 Å². The number of rotatable bonds is 6. The van der Waals surface area contributed by atoms with Gasteiger partial charge in [0.05, 0.1) is 12.0 Å². The van der Waals surface area contributed by atoms with Crippen LogP contribution in [0.5, 0.6) is 0 Å². The number of hydrogen-bond donors (Lipinski definition) is 2. The van der Waals surface area contributed by atoms with E-state index in [2.05, 4.69) is 10.0 Å². The zero-order valence-electron chi connectivity index (χ0n) is 12.8. The van der Waals surface area contributed by atoms with Crippen molar-refractivity contribution in [3.63, 3.8) is 0 Å². The highest BCUT2D eigenvalue weighted by atomic mass is 32.2. The molecule has 0 aliphatic carbocycles. The van der Waals surface area contributed by atoms with Crippen LogP contribution in [0.2, 0.25) is 0 Å². The third-order valence-electron chi connectivity index (χ3n) is 2.77. The topological polar surface area (TPSA) is 105 Å². The lowest BCUT2D eigenvalue weighted by Crippen LogP contribution is -2.45. The van der Waals surface area contributed by atoms with E-state index in [1.807, 2.05) is 0 Å². The van der Waals surface area contributed by atoms with Gasteiger partial charge in [-0.25, -0.2) is 13.5 Å². The minimum atomic E-state index is -3.86. The number of anilines is 1. The summed E-state index contributed by atoms with van der Waals surface area (Å²) in [7, 11) is -1.17. The van der Waals surface area contributed by atoms with Gasteiger partial charge in [-0.3, -0.25) is 14.4 Å². The van der Waals surface area contributed by atoms with Crippen LogP contribution in [0.15, 0.2) is 29.2 Å². The molecule has 0 spiro atoms. The Hall–Kier alpha value is -1.97. The van der Waals surface area contributed by atoms with Gasteiger partial charge < -0.3 is 5.32 Å². The lowest BCUT2D eigenvalue weighted by Gasteiger charge is -2.19. The number of benzene rings is 1. The first kappa shape index (κ1) is 18.1. The molecule has 0 unspecified atom stereocenters. The van der Waals surface area contributed by atoms with Crippen LogP contribution in [0.4, 0.5) is 5.69 Å². The average molecular weight is 329 g/mol. The van der Waals surface area contributed by atoms with Gasteiger partial charge in [-0.05, 0) is 31.2 Å². The van der Waals surface area contributed by atoms with Crippen molar-refractivity contribution in [1.82, 2.24) is 9.79 Å². The van der Waals surface area contributed by atoms with Crippen molar-refractivity contribution in [3.05, 3.63) is 24.3 Å². The fraction of sp³-hybridized carbons (Fsp3) is 0.385. The average Bonchev–Trinajstić information content (AvgIpc) is 2.45. The highest BCUT2D eigenvalue weighted by molar-refractivity contribution is 7.89. The Kier molecular flexibility index (Phi) is 6.03. The Morgan fingerprint density at radius 3 is 2.23 bits per heavy atom. The summed E-state index contributed by atoms with van der Waals surface area (Å²) in [5.74, 6) is -0.781. The SMILES string of the molecule is CON(C)C(=O)[C@H](C)NS(=O)(=O)c1ccc(NC(C)=O)cc1. The molecule has 0 aromatic heterocycles. The molecule has 0 aliphatic rings. The molecular weight excluding hydrogens is 310 g/mol. The van der Waals surface area contributed by atoms with Gasteiger partial charge in [-0.2, -0.15) is 4.72 Å². The smallest absolute Gasteiger partial charge is 0.263 e. The van der Waals surface area contributed by atoms with E-state index >= 15 is 0 Å². The Bertz CT molecular complexity index is 642. The summed E-state index contributed by atoms with van der Waals surface area (Å²) in [5, 5.41) is 3.47. The molecule has 8 nitrogen and oxygen atoms in total. The summed E-state index contributed by atoms with van der Waals surface area (Å²) in [6.07, 6.45) is 0. The summed E-state index contributed by atoms with van der Waals surface area (Å²) < 4.78 is 26.6. The molecule has 1 atom stereocenters. The molecule has 0 saturated heterocycles. The minimum Gasteiger partial charge on any atom is -0.326 e. The molecule has 2 amide bonds. The second kappa shape index (κ2) is 7.34. The maximum absolute atomic E-state index is 12.2. The molecule has 2 N–H and O–H groups in total. The van der Waals surface area contributed by atoms with Gasteiger partial charge >= 0.3 is 0 Å². The lowest BCUT2D eigenvalue weighted by molar-refractivity contribution is -0.170. The molecule has 0 bridgehead atoms. The number of hydroxylamine groups is 2. The summed E-state index contributed by atoms with van der Waals surface area (Å²) in [6, 6.07) is 4.62. The molecular formula is C13H19N3O5S. The number of nitrogens with zero attached hydrogens (tertiary/aromatic N) is 1. The molecule has 0 radical (unpaired) electrons. The summed E-state index contributed by atoms with van der Waals surface area (Å²) in [6.45, 7) is 2.77. The molecule has 122 valence electrons. The fourth-order valence-electron chi connectivity index (χ4n) is 1.63. The van der Waals surface area contributed by atoms with Crippen molar-refractivity contribution in [2.75, 3.05) is 19.5 Å². The first-order chi connectivity index (χ1) is 10.2. The molecule has 0 aliphatic heterocycles. The second-order valence-electron chi connectivity index (χ2n) is 4.57. The van der Waals surface area contributed by atoms with E-state index in [0.29, 0.717) is 5.69 Å². The highest BCUT2D eigenvalue weighted by Crippen LogP contribution is 2.14. The van der Waals surface area contributed by atoms with Gasteiger partial charge in [0.25, 0.3) is 5.91 Å². The number of hydrogen-bond acceptors (Lipinski definition) is 5. The quantitative estimate of drug-likeness (QED) is 0.732. The summed E-state index contributed by atoms with van der Waals surface area (Å²) in [5.41, 5.74) is 0.481. The largest absolute Gasteiger partial charge is 0.326 e. The van der Waals surface area contributed by atoms with Crippen molar-refractivity contribution in [2.45, 2.75) is 24.8 Å². The zero-order valence-corrected chi connectivity index (χ0v) is 13.6. The predicted molar refractivity (Wildman–Crippen MR) is 80.3 cm³/mol. The summed E-state index contributed by atoms with van der Waals surface area (Å²) >= 11 is 0. The van der Waals surface area contributed by atoms with Crippen LogP contribution in [-0.4, -0.2) is 45.5 Å². The van der Waals surface area contributed by atoms with Gasteiger partial charge in [0.2, 0.25) is 15.9 Å². The third-order valence-corrected chi connectivity index (χ3v) is 4.33. The van der Waals surface area contributed by atoms with Gasteiger partial charge in [0, 0.05) is 19.7 Å². The number of sulfonamides is 1. The van der Waals surface area contributed by atoms with E-state index in [1.54, 1.807) is 0 Å². The van der Waals surface area contributed by atoms with Crippen LogP contribution >= 0.6 is 0 Å². The third kappa shape index (κ3) is 4.79. The number of nitrogens with one attached hydrogen (secondary N) is 2. The van der Waals surface area contributed by atoms with E-state index < -0.39 is 22.0 Å². The number of amides is 2. The molecule has 1 aromatic rings. The van der Waals surface area contributed by atoms with E-state index in [0.717, 1.165) is 5.06 Å². The molecule has 0 fully saturated rings. The van der Waals surface area contributed by atoms with E-state index in [4.69, 9.17) is 4.84 Å². The first-order valence-corrected chi connectivity index (χ1v) is 7.87. The van der Waals surface area contributed by atoms with Gasteiger partial charge in [0.15, 0.2) is 0 Å². The minimum absolute atomic E-state index is 0.0127. The van der Waals surface area contributed by atoms with Crippen LogP contribution in [0, 0.1) is 0 Å². The molecule has 0 heterocycles. The van der Waals surface area contributed by atoms with Gasteiger partial charge in [-0.1, -0.05) is 0 Å². The molecule has 9 heteroatoms. The van der Waals surface area contributed by atoms with Crippen molar-refractivity contribution >= 4 is 27.5 Å². The Morgan fingerprint density at radius 2 is 1.77 bits per heavy atom. The first-order valence-electron chi connectivity index (χ1n) is 6.39. The van der Waals surface area contributed by atoms with Crippen LogP contribution < -0.4 is 10.0 Å². The number of likely N-dealkylation sites (N-methyl/N-ethyl adjacent to an activating group) is 1. The Morgan fingerprint density at radius 1 is 1.23 bits per heavy atom. The van der Waals surface area contributed by atoms with Gasteiger partial charge in [0.1, 0.15) is 6.04 Å². The van der Waals surface area contributed by atoms with Crippen molar-refractivity contribution in [2.24, 2.45) is 0 Å². The standard InChI is InChI=1S/C13H19N3O5S/c1-9(13(18)16(3)21-4)15-22(19,20)12-7-5-11(6-8-12)14-10(2)17/h5-9,15H,1-4H3,(H,14,17)/t9-/m0/s1. The normalized spacial score (nSPS) is 12.5. The van der Waals surface area contributed by atoms with Crippen LogP contribution in [0.25, 0.3) is 0 Å². The maximum Gasteiger partial charge on any atom is 0.263 e. The molecule has 1 rings (SSSR count). The second-order valence-corrected chi connectivity index (χ2v) is 6.28. The Balaban J connectivity index is 2.86. The van der Waals surface area contributed by atoms with Gasteiger partial charge in [-0.15, -0.1) is 0 Å². The summed E-state index contributed by atoms with van der Waals surface area (Å²) in [4.78, 5) is 27.4. The number of carbonyl (C=O) groups excluding carboxylic acids is 2. The lowest BCUT2D eigenvalue weighted by atomic mass is 10.3. The molecule has 0 saturated carbocycles. The maximum atomic E-state index is 12.2. The van der Waals surface area contributed by atoms with Crippen LogP contribution in [0.1, 0.15) is 13.8 Å². The molecule has 22 heavy (non-hydrogen) atoms. The van der Waals surface area contributed by atoms with Crippen molar-refractivity contribution in [1.29, 1.82) is 0 Å². The number of carbonyl (C=O) groups is 2. The van der Waals surface area contributed by atoms with Crippen LogP contribution in [-0.2, 0) is 24.4 Å². The monoisotopic (exact) mass is 329 g/mol. The highest BCUT2D eigenvalue weighted by Gasteiger charge is 2.24. The zero-order chi connectivity index (χ0) is 16.9. The fourth-order valence-corrected chi connectivity index (χ4v) is 2.83. The van der Waals surface area contributed by atoms with E-state index in [9.17, 15) is 18.0 Å². The van der Waals surface area contributed by atoms with Crippen molar-refractivity contribution in [3.8, 4) is 0 Å². The Labute approximate surface area is 129 Å². The van der Waals surface area contributed by atoms with Crippen molar-refractivity contribution < 1.29 is 22.8 Å². The van der Waals surface area contributed by atoms with E-state index in [-0.39, 0.29) is 10.8 Å². The molecule has 1 aromatic carbocycles.